The Morgan fingerprint density at radius 1 is 0.912 bits per heavy atom. The van der Waals surface area contributed by atoms with Crippen molar-refractivity contribution in [1.82, 2.24) is 0 Å². The number of nitrogens with zero attached hydrogens (tertiary/aromatic N) is 1. The number of amides is 2. The maximum atomic E-state index is 12.4. The van der Waals surface area contributed by atoms with Gasteiger partial charge < -0.3 is 24.4 Å². The van der Waals surface area contributed by atoms with Gasteiger partial charge in [0.2, 0.25) is 5.91 Å². The predicted octanol–water partition coefficient (Wildman–Crippen LogP) is 4.02. The van der Waals surface area contributed by atoms with Gasteiger partial charge in [0.05, 0.1) is 13.0 Å². The largest absolute Gasteiger partial charge is 0.497 e. The van der Waals surface area contributed by atoms with E-state index in [9.17, 15) is 14.4 Å². The summed E-state index contributed by atoms with van der Waals surface area (Å²) in [4.78, 5) is 38.5. The molecule has 8 nitrogen and oxygen atoms in total. The summed E-state index contributed by atoms with van der Waals surface area (Å²) in [5.41, 5.74) is 1.22. The second-order valence-corrected chi connectivity index (χ2v) is 7.70. The summed E-state index contributed by atoms with van der Waals surface area (Å²) in [5.74, 6) is 0.166. The Balaban J connectivity index is 1.24. The molecule has 0 spiro atoms. The van der Waals surface area contributed by atoms with Crippen molar-refractivity contribution in [2.24, 2.45) is 5.92 Å². The van der Waals surface area contributed by atoms with Crippen molar-refractivity contribution in [1.29, 1.82) is 0 Å². The molecule has 1 saturated heterocycles. The van der Waals surface area contributed by atoms with E-state index in [0.717, 1.165) is 0 Å². The Bertz CT molecular complexity index is 1150. The number of ether oxygens (including phenoxy) is 3. The molecule has 0 saturated carbocycles. The van der Waals surface area contributed by atoms with E-state index in [1.807, 2.05) is 30.3 Å². The van der Waals surface area contributed by atoms with E-state index in [2.05, 4.69) is 5.32 Å². The Hall–Kier alpha value is -4.33. The van der Waals surface area contributed by atoms with E-state index in [0.29, 0.717) is 28.6 Å². The van der Waals surface area contributed by atoms with Gasteiger partial charge in [0.1, 0.15) is 17.2 Å². The molecular formula is C26H24N2O6. The average molecular weight is 460 g/mol. The number of hydrogen-bond donors (Lipinski definition) is 1. The van der Waals surface area contributed by atoms with E-state index in [-0.39, 0.29) is 18.9 Å². The van der Waals surface area contributed by atoms with E-state index in [1.165, 1.54) is 4.90 Å². The van der Waals surface area contributed by atoms with Crippen LogP contribution in [0.2, 0.25) is 0 Å². The summed E-state index contributed by atoms with van der Waals surface area (Å²) < 4.78 is 16.0. The van der Waals surface area contributed by atoms with Crippen molar-refractivity contribution in [3.05, 3.63) is 78.9 Å². The summed E-state index contributed by atoms with van der Waals surface area (Å²) in [6.07, 6.45) is 0.0371. The van der Waals surface area contributed by atoms with Crippen LogP contribution in [0.3, 0.4) is 0 Å². The van der Waals surface area contributed by atoms with Crippen molar-refractivity contribution in [2.45, 2.75) is 6.42 Å². The molecule has 1 heterocycles. The minimum atomic E-state index is -0.628. The molecular weight excluding hydrogens is 436 g/mol. The second kappa shape index (κ2) is 10.5. The normalized spacial score (nSPS) is 15.0. The number of carbonyl (C=O) groups is 3. The first-order valence-corrected chi connectivity index (χ1v) is 10.8. The molecule has 1 aliphatic rings. The number of carbonyl (C=O) groups excluding carboxylic acids is 3. The van der Waals surface area contributed by atoms with Crippen LogP contribution in [0, 0.1) is 5.92 Å². The van der Waals surface area contributed by atoms with E-state index in [4.69, 9.17) is 14.2 Å². The van der Waals surface area contributed by atoms with Gasteiger partial charge in [-0.05, 0) is 60.7 Å². The Kier molecular flexibility index (Phi) is 7.07. The first kappa shape index (κ1) is 22.8. The van der Waals surface area contributed by atoms with Gasteiger partial charge in [-0.3, -0.25) is 14.4 Å². The third-order valence-corrected chi connectivity index (χ3v) is 5.30. The highest BCUT2D eigenvalue weighted by Gasteiger charge is 2.36. The third-order valence-electron chi connectivity index (χ3n) is 5.30. The fourth-order valence-corrected chi connectivity index (χ4v) is 3.56. The molecule has 174 valence electrons. The molecule has 0 radical (unpaired) electrons. The highest BCUT2D eigenvalue weighted by atomic mass is 16.5. The van der Waals surface area contributed by atoms with Crippen molar-refractivity contribution >= 4 is 29.2 Å². The summed E-state index contributed by atoms with van der Waals surface area (Å²) in [6, 6.07) is 23.2. The number of hydrogen-bond acceptors (Lipinski definition) is 6. The van der Waals surface area contributed by atoms with Crippen molar-refractivity contribution < 1.29 is 28.6 Å². The second-order valence-electron chi connectivity index (χ2n) is 7.70. The first-order valence-electron chi connectivity index (χ1n) is 10.8. The molecule has 3 aromatic rings. The highest BCUT2D eigenvalue weighted by molar-refractivity contribution is 6.00. The Labute approximate surface area is 197 Å². The molecule has 3 aromatic carbocycles. The molecule has 4 rings (SSSR count). The first-order chi connectivity index (χ1) is 16.5. The standard InChI is InChI=1S/C26H24N2O6/c1-32-21-13-9-20(10-14-21)28-16-18(15-25(28)30)26(31)33-17-24(29)27-19-7-11-23(12-8-19)34-22-5-3-2-4-6-22/h2-14,18H,15-17H2,1H3,(H,27,29)/t18-/m0/s1. The number of anilines is 2. The molecule has 2 amide bonds. The molecule has 1 aliphatic heterocycles. The molecule has 1 fully saturated rings. The number of nitrogens with one attached hydrogen (secondary N) is 1. The number of benzene rings is 3. The van der Waals surface area contributed by atoms with Crippen molar-refractivity contribution in [3.63, 3.8) is 0 Å². The molecule has 8 heteroatoms. The Morgan fingerprint density at radius 3 is 2.24 bits per heavy atom. The molecule has 0 aromatic heterocycles. The molecule has 0 bridgehead atoms. The van der Waals surface area contributed by atoms with E-state index in [1.54, 1.807) is 55.6 Å². The summed E-state index contributed by atoms with van der Waals surface area (Å²) in [6.45, 7) is -0.233. The lowest BCUT2D eigenvalue weighted by atomic mass is 10.1. The van der Waals surface area contributed by atoms with E-state index >= 15 is 0 Å². The van der Waals surface area contributed by atoms with E-state index < -0.39 is 24.4 Å². The van der Waals surface area contributed by atoms with Crippen LogP contribution >= 0.6 is 0 Å². The monoisotopic (exact) mass is 460 g/mol. The molecule has 34 heavy (non-hydrogen) atoms. The minimum absolute atomic E-state index is 0.0371. The lowest BCUT2D eigenvalue weighted by Crippen LogP contribution is -2.28. The zero-order valence-corrected chi connectivity index (χ0v) is 18.6. The average Bonchev–Trinajstić information content (AvgIpc) is 3.26. The number of esters is 1. The summed E-state index contributed by atoms with van der Waals surface area (Å²) >= 11 is 0. The van der Waals surface area contributed by atoms with Gasteiger partial charge in [0.25, 0.3) is 5.91 Å². The number of para-hydroxylation sites is 1. The quantitative estimate of drug-likeness (QED) is 0.510. The van der Waals surface area contributed by atoms with Gasteiger partial charge in [0.15, 0.2) is 6.61 Å². The molecule has 0 aliphatic carbocycles. The Morgan fingerprint density at radius 2 is 1.56 bits per heavy atom. The van der Waals surface area contributed by atoms with Gasteiger partial charge in [-0.25, -0.2) is 0 Å². The molecule has 1 N–H and O–H groups in total. The summed E-state index contributed by atoms with van der Waals surface area (Å²) in [7, 11) is 1.56. The van der Waals surface area contributed by atoms with Crippen LogP contribution in [-0.2, 0) is 19.1 Å². The smallest absolute Gasteiger partial charge is 0.311 e. The van der Waals surface area contributed by atoms with Crippen LogP contribution < -0.4 is 19.7 Å². The highest BCUT2D eigenvalue weighted by Crippen LogP contribution is 2.27. The minimum Gasteiger partial charge on any atom is -0.497 e. The van der Waals surface area contributed by atoms with Crippen LogP contribution in [0.15, 0.2) is 78.9 Å². The number of rotatable bonds is 8. The maximum Gasteiger partial charge on any atom is 0.311 e. The van der Waals surface area contributed by atoms with Crippen molar-refractivity contribution in [3.8, 4) is 17.2 Å². The van der Waals surface area contributed by atoms with Crippen LogP contribution in [0.25, 0.3) is 0 Å². The van der Waals surface area contributed by atoms with Crippen LogP contribution in [0.4, 0.5) is 11.4 Å². The van der Waals surface area contributed by atoms with Crippen LogP contribution in [0.1, 0.15) is 6.42 Å². The van der Waals surface area contributed by atoms with Gasteiger partial charge in [-0.1, -0.05) is 18.2 Å². The molecule has 0 unspecified atom stereocenters. The van der Waals surface area contributed by atoms with Crippen LogP contribution in [0.5, 0.6) is 17.2 Å². The van der Waals surface area contributed by atoms with Gasteiger partial charge in [-0.2, -0.15) is 0 Å². The zero-order valence-electron chi connectivity index (χ0n) is 18.6. The van der Waals surface area contributed by atoms with Crippen molar-refractivity contribution in [2.75, 3.05) is 30.5 Å². The molecule has 1 atom stereocenters. The fraction of sp³-hybridized carbons (Fsp3) is 0.192. The van der Waals surface area contributed by atoms with Gasteiger partial charge in [-0.15, -0.1) is 0 Å². The maximum absolute atomic E-state index is 12.4. The predicted molar refractivity (Wildman–Crippen MR) is 126 cm³/mol. The fourth-order valence-electron chi connectivity index (χ4n) is 3.56. The van der Waals surface area contributed by atoms with Crippen LogP contribution in [-0.4, -0.2) is 38.0 Å². The zero-order chi connectivity index (χ0) is 23.9. The topological polar surface area (TPSA) is 94.2 Å². The number of methoxy groups -OCH3 is 1. The lowest BCUT2D eigenvalue weighted by Gasteiger charge is -2.17. The third kappa shape index (κ3) is 5.72. The lowest BCUT2D eigenvalue weighted by molar-refractivity contribution is -0.151. The van der Waals surface area contributed by atoms with Gasteiger partial charge >= 0.3 is 5.97 Å². The SMILES string of the molecule is COc1ccc(N2C[C@@H](C(=O)OCC(=O)Nc3ccc(Oc4ccccc4)cc3)CC2=O)cc1. The van der Waals surface area contributed by atoms with Gasteiger partial charge in [0, 0.05) is 24.3 Å². The summed E-state index contributed by atoms with van der Waals surface area (Å²) in [5, 5.41) is 2.67.